The highest BCUT2D eigenvalue weighted by molar-refractivity contribution is 7.88. The molecule has 2 amide bonds. The largest absolute Gasteiger partial charge is 0.494 e. The van der Waals surface area contributed by atoms with E-state index in [-0.39, 0.29) is 25.4 Å². The summed E-state index contributed by atoms with van der Waals surface area (Å²) in [6, 6.07) is 10.8. The van der Waals surface area contributed by atoms with Crippen LogP contribution in [-0.4, -0.2) is 138 Å². The van der Waals surface area contributed by atoms with Crippen molar-refractivity contribution < 1.29 is 31.2 Å². The molecule has 0 radical (unpaired) electrons. The van der Waals surface area contributed by atoms with Gasteiger partial charge in [0, 0.05) is 141 Å². The average Bonchev–Trinajstić information content (AvgIpc) is 3.93. The first kappa shape index (κ1) is 53.8. The minimum Gasteiger partial charge on any atom is -0.494 e. The summed E-state index contributed by atoms with van der Waals surface area (Å²) in [5.74, 6) is -0.645. The molecule has 25 heteroatoms. The number of sulfonamides is 2. The fourth-order valence-electron chi connectivity index (χ4n) is 11.4. The Morgan fingerprint density at radius 2 is 1.35 bits per heavy atom. The number of amides is 2. The van der Waals surface area contributed by atoms with Crippen molar-refractivity contribution in [3.8, 4) is 5.75 Å². The van der Waals surface area contributed by atoms with Crippen LogP contribution < -0.4 is 45.2 Å². The van der Waals surface area contributed by atoms with E-state index in [0.29, 0.717) is 84.9 Å². The number of pyridine rings is 1. The maximum Gasteiger partial charge on any atom is 0.258 e. The number of methoxy groups -OCH3 is 1. The molecule has 3 aliphatic rings. The third-order valence-corrected chi connectivity index (χ3v) is 16.5. The van der Waals surface area contributed by atoms with E-state index in [1.807, 2.05) is 38.6 Å². The van der Waals surface area contributed by atoms with E-state index in [1.165, 1.54) is 20.0 Å². The van der Waals surface area contributed by atoms with Crippen LogP contribution in [0.5, 0.6) is 5.75 Å². The van der Waals surface area contributed by atoms with Gasteiger partial charge in [0.15, 0.2) is 0 Å². The van der Waals surface area contributed by atoms with Crippen LogP contribution in [0.25, 0.3) is 38.4 Å². The maximum absolute atomic E-state index is 15.4. The average molecular weight is 1120 g/mol. The number of carbonyl (C=O) groups is 2. The summed E-state index contributed by atoms with van der Waals surface area (Å²) in [6.07, 6.45) is 17.6. The van der Waals surface area contributed by atoms with Crippen LogP contribution in [0.2, 0.25) is 0 Å². The van der Waals surface area contributed by atoms with Gasteiger partial charge < -0.3 is 40.2 Å². The fourth-order valence-corrected chi connectivity index (χ4v) is 12.2. The second-order valence-electron chi connectivity index (χ2n) is 21.4. The van der Waals surface area contributed by atoms with E-state index in [4.69, 9.17) is 14.9 Å². The lowest BCUT2D eigenvalue weighted by Gasteiger charge is -2.35. The van der Waals surface area contributed by atoms with Crippen LogP contribution in [0, 0.1) is 6.92 Å². The number of benzene rings is 3. The summed E-state index contributed by atoms with van der Waals surface area (Å²) in [5.41, 5.74) is 7.65. The van der Waals surface area contributed by atoms with E-state index in [2.05, 4.69) is 63.6 Å². The Labute approximate surface area is 458 Å². The Morgan fingerprint density at radius 1 is 0.696 bits per heavy atom. The first-order valence-corrected chi connectivity index (χ1v) is 30.6. The summed E-state index contributed by atoms with van der Waals surface area (Å²) in [4.78, 5) is 39.5. The van der Waals surface area contributed by atoms with E-state index in [9.17, 15) is 21.6 Å². The maximum atomic E-state index is 15.4. The molecule has 5 aromatic heterocycles. The van der Waals surface area contributed by atoms with Crippen molar-refractivity contribution in [2.45, 2.75) is 90.1 Å². The smallest absolute Gasteiger partial charge is 0.258 e. The second kappa shape index (κ2) is 21.5. The van der Waals surface area contributed by atoms with Gasteiger partial charge in [0.2, 0.25) is 20.0 Å². The number of aryl methyl sites for hydroxylation is 3. The number of carbonyl (C=O) groups excluding carboxylic acids is 2. The third-order valence-electron chi connectivity index (χ3n) is 15.1. The molecule has 0 unspecified atom stereocenters. The predicted molar refractivity (Wildman–Crippen MR) is 306 cm³/mol. The van der Waals surface area contributed by atoms with Gasteiger partial charge in [0.25, 0.3) is 11.8 Å². The Balaban J connectivity index is 1.01. The lowest BCUT2D eigenvalue weighted by Crippen LogP contribution is -2.43. The predicted octanol–water partition coefficient (Wildman–Crippen LogP) is 4.72. The highest BCUT2D eigenvalue weighted by Gasteiger charge is 2.31. The zero-order chi connectivity index (χ0) is 55.5. The molecule has 2 aliphatic heterocycles. The third kappa shape index (κ3) is 11.6. The van der Waals surface area contributed by atoms with Crippen LogP contribution in [0.4, 0.5) is 22.7 Å². The number of hydrogen-bond acceptors (Lipinski definition) is 15. The van der Waals surface area contributed by atoms with E-state index in [1.54, 1.807) is 56.1 Å². The molecule has 8 aromatic rings. The lowest BCUT2D eigenvalue weighted by atomic mass is 9.98. The van der Waals surface area contributed by atoms with Crippen LogP contribution in [0.1, 0.15) is 88.5 Å². The normalized spacial score (nSPS) is 16.0. The molecule has 1 aliphatic carbocycles. The van der Waals surface area contributed by atoms with Crippen molar-refractivity contribution in [3.63, 3.8) is 0 Å². The van der Waals surface area contributed by atoms with Gasteiger partial charge in [-0.3, -0.25) is 23.6 Å². The molecule has 0 spiro atoms. The Bertz CT molecular complexity index is 3900. The van der Waals surface area contributed by atoms with Gasteiger partial charge >= 0.3 is 0 Å². The number of fused-ring (bicyclic) bond motifs is 4. The number of piperidine rings is 2. The van der Waals surface area contributed by atoms with Gasteiger partial charge in [-0.1, -0.05) is 6.92 Å². The molecule has 1 saturated carbocycles. The molecule has 2 saturated heterocycles. The van der Waals surface area contributed by atoms with Crippen molar-refractivity contribution in [3.05, 3.63) is 94.8 Å². The molecule has 7 heterocycles. The fraction of sp³-hybridized carbons (Fsp3) is 0.444. The SMILES string of the molecule is CCNC1CCN(c2ccc(C(=O)Nc3cc(CNS(C)(=O)=O)c4nc(C)cn4c3)c3nn(Cc4cc(N5CCC(NC6CC6)CC5)c5cn(C)nc5c4C(=O)Nc4cc5cn(C)nc5c(CNS(C)(=O)=O)c4OC)cc23)CC1. The minimum absolute atomic E-state index is 0.0323. The summed E-state index contributed by atoms with van der Waals surface area (Å²) >= 11 is 0. The molecular weight excluding hydrogens is 1050 g/mol. The number of ether oxygens (including phenoxy) is 1. The minimum atomic E-state index is -3.63. The number of aromatic nitrogens is 8. The molecule has 11 rings (SSSR count). The van der Waals surface area contributed by atoms with Gasteiger partial charge in [-0.05, 0) is 87.9 Å². The van der Waals surface area contributed by atoms with Crippen molar-refractivity contribution in [1.29, 1.82) is 0 Å². The van der Waals surface area contributed by atoms with E-state index >= 15 is 4.79 Å². The second-order valence-corrected chi connectivity index (χ2v) is 25.0. The number of nitrogens with one attached hydrogen (secondary N) is 6. The summed E-state index contributed by atoms with van der Waals surface area (Å²) in [7, 11) is -2.09. The molecule has 0 bridgehead atoms. The highest BCUT2D eigenvalue weighted by Crippen LogP contribution is 2.39. The number of rotatable bonds is 19. The number of anilines is 4. The zero-order valence-corrected chi connectivity index (χ0v) is 47.2. The number of imidazole rings is 1. The van der Waals surface area contributed by atoms with Crippen molar-refractivity contribution in [2.24, 2.45) is 14.1 Å². The van der Waals surface area contributed by atoms with Crippen LogP contribution in [0.15, 0.2) is 61.3 Å². The van der Waals surface area contributed by atoms with Crippen LogP contribution in [-0.2, 0) is 53.8 Å². The molecule has 6 N–H and O–H groups in total. The standard InChI is InChI=1S/C54H68N16O7S2/c1-8-55-36-13-17-67(18-14-36)45-12-11-40(53(71)60-39-21-33(24-56-78(6,73)74)52-58-32(2)26-69(52)29-39)49-43(45)31-70(64-49)28-34-23-46(68-19-15-38(16-20-68)59-37-9-10-37)42-30-66(4)63-50(42)47(34)54(72)61-44-22-35-27-65(3)62-48(35)41(51(44)77-5)25-57-79(7,75)76/h11-12,21-23,26-27,29-31,36-38,55-57,59H,8-10,13-20,24-25,28H2,1-7H3,(H,60,71)(H,61,72). The van der Waals surface area contributed by atoms with Crippen LogP contribution >= 0.6 is 0 Å². The number of nitrogens with zero attached hydrogens (tertiary/aromatic N) is 10. The van der Waals surface area contributed by atoms with Gasteiger partial charge in [0.05, 0.1) is 54.4 Å². The highest BCUT2D eigenvalue weighted by atomic mass is 32.2. The Morgan fingerprint density at radius 3 is 2.05 bits per heavy atom. The Kier molecular flexibility index (Phi) is 14.6. The van der Waals surface area contributed by atoms with Crippen molar-refractivity contribution in [2.75, 3.05) is 72.8 Å². The number of hydrogen-bond donors (Lipinski definition) is 6. The zero-order valence-electron chi connectivity index (χ0n) is 45.6. The molecule has 0 atom stereocenters. The lowest BCUT2D eigenvalue weighted by molar-refractivity contribution is 0.101. The summed E-state index contributed by atoms with van der Waals surface area (Å²) in [6.45, 7) is 7.95. The van der Waals surface area contributed by atoms with E-state index in [0.717, 1.165) is 98.8 Å². The molecular formula is C54H68N16O7S2. The molecule has 3 aromatic carbocycles. The summed E-state index contributed by atoms with van der Waals surface area (Å²) < 4.78 is 67.2. The van der Waals surface area contributed by atoms with Crippen LogP contribution in [0.3, 0.4) is 0 Å². The van der Waals surface area contributed by atoms with E-state index < -0.39 is 31.9 Å². The Hall–Kier alpha value is -7.16. The van der Waals surface area contributed by atoms with Gasteiger partial charge in [0.1, 0.15) is 27.9 Å². The molecule has 3 fully saturated rings. The van der Waals surface area contributed by atoms with Gasteiger partial charge in [-0.25, -0.2) is 31.3 Å². The summed E-state index contributed by atoms with van der Waals surface area (Å²) in [5, 5.41) is 30.7. The molecule has 79 heavy (non-hydrogen) atoms. The topological polar surface area (TPSA) is 261 Å². The first-order valence-electron chi connectivity index (χ1n) is 26.8. The monoisotopic (exact) mass is 1120 g/mol. The first-order chi connectivity index (χ1) is 37.8. The van der Waals surface area contributed by atoms with Gasteiger partial charge in [-0.2, -0.15) is 15.3 Å². The molecule has 418 valence electrons. The molecule has 23 nitrogen and oxygen atoms in total. The van der Waals surface area contributed by atoms with Crippen molar-refractivity contribution in [1.82, 2.24) is 58.8 Å². The van der Waals surface area contributed by atoms with Gasteiger partial charge in [-0.15, -0.1) is 0 Å². The van der Waals surface area contributed by atoms with Crippen molar-refractivity contribution >= 4 is 93.0 Å². The quantitative estimate of drug-likeness (QED) is 0.0640.